The van der Waals surface area contributed by atoms with Crippen molar-refractivity contribution in [3.8, 4) is 0 Å². The van der Waals surface area contributed by atoms with Crippen LogP contribution in [0.25, 0.3) is 0 Å². The summed E-state index contributed by atoms with van der Waals surface area (Å²) in [6.45, 7) is 5.84. The highest BCUT2D eigenvalue weighted by atomic mass is 32.1. The molecular formula is C12H20N2OS. The minimum atomic E-state index is -0.849. The number of hydrogen-bond donors (Lipinski definition) is 1. The molecule has 16 heavy (non-hydrogen) atoms. The molecule has 1 N–H and O–H groups in total. The van der Waals surface area contributed by atoms with Crippen LogP contribution >= 0.6 is 11.5 Å². The van der Waals surface area contributed by atoms with Gasteiger partial charge in [-0.15, -0.1) is 0 Å². The Bertz CT molecular complexity index is 348. The Morgan fingerprint density at radius 2 is 1.88 bits per heavy atom. The monoisotopic (exact) mass is 240 g/mol. The number of rotatable bonds is 2. The van der Waals surface area contributed by atoms with E-state index in [1.165, 1.54) is 37.2 Å². The van der Waals surface area contributed by atoms with Crippen molar-refractivity contribution in [3.05, 3.63) is 10.8 Å². The number of aliphatic hydroxyl groups is 1. The second kappa shape index (κ2) is 4.41. The molecule has 0 aromatic carbocycles. The minimum Gasteiger partial charge on any atom is -0.383 e. The standard InChI is InChI=1S/C12H20N2OS/c1-8-4-6-9(7-5-8)10-13-11(16-14-10)12(2,3)15/h8-9,15H,4-7H2,1-3H3/t8-,9-. The summed E-state index contributed by atoms with van der Waals surface area (Å²) in [5, 5.41) is 10.6. The molecule has 0 aliphatic heterocycles. The molecule has 1 aliphatic carbocycles. The van der Waals surface area contributed by atoms with E-state index in [4.69, 9.17) is 0 Å². The van der Waals surface area contributed by atoms with Gasteiger partial charge in [-0.05, 0) is 44.1 Å². The number of aromatic nitrogens is 2. The lowest BCUT2D eigenvalue weighted by molar-refractivity contribution is 0.0780. The van der Waals surface area contributed by atoms with Gasteiger partial charge in [-0.25, -0.2) is 4.98 Å². The van der Waals surface area contributed by atoms with Crippen LogP contribution in [0.2, 0.25) is 0 Å². The van der Waals surface area contributed by atoms with Gasteiger partial charge in [0.05, 0.1) is 0 Å². The smallest absolute Gasteiger partial charge is 0.145 e. The fourth-order valence-corrected chi connectivity index (χ4v) is 2.90. The van der Waals surface area contributed by atoms with E-state index in [-0.39, 0.29) is 0 Å². The third-order valence-electron chi connectivity index (χ3n) is 3.35. The van der Waals surface area contributed by atoms with Gasteiger partial charge < -0.3 is 5.11 Å². The summed E-state index contributed by atoms with van der Waals surface area (Å²) < 4.78 is 4.40. The summed E-state index contributed by atoms with van der Waals surface area (Å²) in [7, 11) is 0. The Morgan fingerprint density at radius 3 is 2.38 bits per heavy atom. The Labute approximate surface area is 101 Å². The van der Waals surface area contributed by atoms with E-state index in [0.717, 1.165) is 16.7 Å². The number of nitrogens with zero attached hydrogens (tertiary/aromatic N) is 2. The topological polar surface area (TPSA) is 46.0 Å². The molecule has 1 heterocycles. The van der Waals surface area contributed by atoms with E-state index in [1.807, 2.05) is 0 Å². The third-order valence-corrected chi connectivity index (χ3v) is 4.39. The SMILES string of the molecule is CC(C)(O)c1nc([C@H]2CC[C@H](C)CC2)ns1. The molecule has 4 heteroatoms. The van der Waals surface area contributed by atoms with E-state index in [9.17, 15) is 5.11 Å². The Balaban J connectivity index is 2.08. The van der Waals surface area contributed by atoms with Crippen molar-refractivity contribution in [2.45, 2.75) is 58.0 Å². The van der Waals surface area contributed by atoms with E-state index >= 15 is 0 Å². The third kappa shape index (κ3) is 2.61. The summed E-state index contributed by atoms with van der Waals surface area (Å²) in [4.78, 5) is 4.49. The van der Waals surface area contributed by atoms with E-state index < -0.39 is 5.60 Å². The molecule has 1 aliphatic rings. The largest absolute Gasteiger partial charge is 0.383 e. The van der Waals surface area contributed by atoms with Crippen LogP contribution < -0.4 is 0 Å². The average Bonchev–Trinajstić information content (AvgIpc) is 2.67. The van der Waals surface area contributed by atoms with E-state index in [2.05, 4.69) is 16.3 Å². The van der Waals surface area contributed by atoms with E-state index in [0.29, 0.717) is 5.92 Å². The molecule has 0 unspecified atom stereocenters. The van der Waals surface area contributed by atoms with Gasteiger partial charge in [-0.3, -0.25) is 0 Å². The minimum absolute atomic E-state index is 0.517. The molecule has 1 fully saturated rings. The lowest BCUT2D eigenvalue weighted by atomic mass is 9.83. The Hall–Kier alpha value is -0.480. The molecule has 1 aromatic rings. The predicted octanol–water partition coefficient (Wildman–Crippen LogP) is 3.06. The van der Waals surface area contributed by atoms with Gasteiger partial charge in [0.15, 0.2) is 0 Å². The van der Waals surface area contributed by atoms with Crippen LogP contribution in [-0.4, -0.2) is 14.5 Å². The van der Waals surface area contributed by atoms with Crippen molar-refractivity contribution in [3.63, 3.8) is 0 Å². The van der Waals surface area contributed by atoms with Gasteiger partial charge in [0.1, 0.15) is 16.4 Å². The first-order chi connectivity index (χ1) is 7.47. The zero-order chi connectivity index (χ0) is 11.8. The summed E-state index contributed by atoms with van der Waals surface area (Å²) in [6, 6.07) is 0. The van der Waals surface area contributed by atoms with Crippen molar-refractivity contribution >= 4 is 11.5 Å². The molecular weight excluding hydrogens is 220 g/mol. The van der Waals surface area contributed by atoms with Crippen LogP contribution in [0.1, 0.15) is 63.2 Å². The fourth-order valence-electron chi connectivity index (χ4n) is 2.17. The summed E-state index contributed by atoms with van der Waals surface area (Å²) >= 11 is 1.34. The molecule has 0 atom stereocenters. The lowest BCUT2D eigenvalue weighted by Gasteiger charge is -2.23. The van der Waals surface area contributed by atoms with Gasteiger partial charge in [0.2, 0.25) is 0 Å². The maximum absolute atomic E-state index is 9.85. The molecule has 1 saturated carbocycles. The molecule has 3 nitrogen and oxygen atoms in total. The maximum atomic E-state index is 9.85. The van der Waals surface area contributed by atoms with Crippen LogP contribution in [0.15, 0.2) is 0 Å². The van der Waals surface area contributed by atoms with Gasteiger partial charge in [-0.2, -0.15) is 4.37 Å². The lowest BCUT2D eigenvalue weighted by Crippen LogP contribution is -2.16. The van der Waals surface area contributed by atoms with Crippen molar-refractivity contribution in [2.75, 3.05) is 0 Å². The molecule has 0 spiro atoms. The van der Waals surface area contributed by atoms with Gasteiger partial charge in [-0.1, -0.05) is 19.8 Å². The molecule has 0 bridgehead atoms. The first-order valence-electron chi connectivity index (χ1n) is 6.03. The van der Waals surface area contributed by atoms with Gasteiger partial charge >= 0.3 is 0 Å². The normalized spacial score (nSPS) is 27.0. The molecule has 2 rings (SSSR count). The first-order valence-corrected chi connectivity index (χ1v) is 6.80. The van der Waals surface area contributed by atoms with Crippen molar-refractivity contribution in [1.82, 2.24) is 9.36 Å². The molecule has 0 radical (unpaired) electrons. The van der Waals surface area contributed by atoms with Gasteiger partial charge in [0.25, 0.3) is 0 Å². The second-order valence-electron chi connectivity index (χ2n) is 5.47. The average molecular weight is 240 g/mol. The summed E-state index contributed by atoms with van der Waals surface area (Å²) in [6.07, 6.45) is 4.95. The van der Waals surface area contributed by atoms with Crippen molar-refractivity contribution in [2.24, 2.45) is 5.92 Å². The Morgan fingerprint density at radius 1 is 1.25 bits per heavy atom. The van der Waals surface area contributed by atoms with E-state index in [1.54, 1.807) is 13.8 Å². The first kappa shape index (κ1) is 12.0. The molecule has 0 saturated heterocycles. The van der Waals surface area contributed by atoms with Crippen LogP contribution in [0.3, 0.4) is 0 Å². The fraction of sp³-hybridized carbons (Fsp3) is 0.833. The maximum Gasteiger partial charge on any atom is 0.145 e. The quantitative estimate of drug-likeness (QED) is 0.864. The molecule has 0 amide bonds. The summed E-state index contributed by atoms with van der Waals surface area (Å²) in [5.74, 6) is 2.32. The van der Waals surface area contributed by atoms with Crippen LogP contribution in [-0.2, 0) is 5.60 Å². The summed E-state index contributed by atoms with van der Waals surface area (Å²) in [5.41, 5.74) is -0.849. The van der Waals surface area contributed by atoms with Gasteiger partial charge in [0, 0.05) is 5.92 Å². The van der Waals surface area contributed by atoms with Crippen molar-refractivity contribution < 1.29 is 5.11 Å². The highest BCUT2D eigenvalue weighted by Crippen LogP contribution is 2.35. The highest BCUT2D eigenvalue weighted by molar-refractivity contribution is 7.05. The highest BCUT2D eigenvalue weighted by Gasteiger charge is 2.26. The van der Waals surface area contributed by atoms with Crippen LogP contribution in [0.4, 0.5) is 0 Å². The van der Waals surface area contributed by atoms with Crippen molar-refractivity contribution in [1.29, 1.82) is 0 Å². The van der Waals surface area contributed by atoms with Crippen LogP contribution in [0, 0.1) is 5.92 Å². The molecule has 1 aromatic heterocycles. The Kier molecular flexibility index (Phi) is 3.31. The zero-order valence-corrected chi connectivity index (χ0v) is 11.0. The zero-order valence-electron chi connectivity index (χ0n) is 10.2. The second-order valence-corrected chi connectivity index (χ2v) is 6.23. The van der Waals surface area contributed by atoms with Crippen LogP contribution in [0.5, 0.6) is 0 Å². The predicted molar refractivity (Wildman–Crippen MR) is 65.5 cm³/mol. The number of hydrogen-bond acceptors (Lipinski definition) is 4. The molecule has 90 valence electrons.